The second-order valence-corrected chi connectivity index (χ2v) is 6.37. The Morgan fingerprint density at radius 2 is 2.15 bits per heavy atom. The van der Waals surface area contributed by atoms with Crippen LogP contribution < -0.4 is 9.47 Å². The summed E-state index contributed by atoms with van der Waals surface area (Å²) in [5.74, 6) is 1.44. The van der Waals surface area contributed by atoms with Gasteiger partial charge in [-0.25, -0.2) is 0 Å². The van der Waals surface area contributed by atoms with Gasteiger partial charge in [0.25, 0.3) is 0 Å². The van der Waals surface area contributed by atoms with Crippen LogP contribution in [0, 0.1) is 0 Å². The van der Waals surface area contributed by atoms with Gasteiger partial charge >= 0.3 is 0 Å². The number of ether oxygens (including phenoxy) is 2. The Hall–Kier alpha value is -1.04. The summed E-state index contributed by atoms with van der Waals surface area (Å²) < 4.78 is 12.2. The maximum Gasteiger partial charge on any atom is 0.175 e. The van der Waals surface area contributed by atoms with Gasteiger partial charge in [0.2, 0.25) is 0 Å². The van der Waals surface area contributed by atoms with Gasteiger partial charge in [0.05, 0.1) is 23.8 Å². The standard InChI is InChI=1S/C15H15BrO3S/c16-12-7-11(13(17)6-10-2-5-20-9-10)8-14-15(12)19-4-1-3-18-14/h2,5,7-9,13,17H,1,3-4,6H2. The molecule has 1 aliphatic heterocycles. The van der Waals surface area contributed by atoms with Crippen molar-refractivity contribution in [2.45, 2.75) is 18.9 Å². The summed E-state index contributed by atoms with van der Waals surface area (Å²) in [6.07, 6.45) is 0.932. The van der Waals surface area contributed by atoms with Gasteiger partial charge in [-0.05, 0) is 56.0 Å². The first-order valence-corrected chi connectivity index (χ1v) is 8.26. The largest absolute Gasteiger partial charge is 0.490 e. The van der Waals surface area contributed by atoms with Crippen LogP contribution in [0.3, 0.4) is 0 Å². The summed E-state index contributed by atoms with van der Waals surface area (Å²) >= 11 is 5.14. The lowest BCUT2D eigenvalue weighted by Gasteiger charge is -2.15. The van der Waals surface area contributed by atoms with Crippen molar-refractivity contribution in [2.75, 3.05) is 13.2 Å². The molecule has 1 unspecified atom stereocenters. The second kappa shape index (κ2) is 6.16. The monoisotopic (exact) mass is 354 g/mol. The summed E-state index contributed by atoms with van der Waals surface area (Å²) in [6.45, 7) is 1.30. The normalized spacial score (nSPS) is 15.7. The lowest BCUT2D eigenvalue weighted by Crippen LogP contribution is -2.03. The molecule has 1 aromatic heterocycles. The van der Waals surface area contributed by atoms with Crippen LogP contribution in [0.1, 0.15) is 23.7 Å². The number of halogens is 1. The van der Waals surface area contributed by atoms with Crippen LogP contribution in [-0.2, 0) is 6.42 Å². The molecule has 1 atom stereocenters. The quantitative estimate of drug-likeness (QED) is 0.906. The fourth-order valence-electron chi connectivity index (χ4n) is 2.19. The molecule has 1 aliphatic rings. The van der Waals surface area contributed by atoms with Gasteiger partial charge < -0.3 is 14.6 Å². The number of thiophene rings is 1. The average molecular weight is 355 g/mol. The van der Waals surface area contributed by atoms with Crippen LogP contribution in [0.5, 0.6) is 11.5 Å². The minimum Gasteiger partial charge on any atom is -0.490 e. The molecule has 0 bridgehead atoms. The third kappa shape index (κ3) is 3.00. The van der Waals surface area contributed by atoms with Crippen molar-refractivity contribution < 1.29 is 14.6 Å². The minimum atomic E-state index is -0.543. The zero-order chi connectivity index (χ0) is 13.9. The molecule has 0 aliphatic carbocycles. The second-order valence-electron chi connectivity index (χ2n) is 4.73. The SMILES string of the molecule is OC(Cc1ccsc1)c1cc(Br)c2c(c1)OCCCO2. The predicted octanol–water partition coefficient (Wildman–Crippen LogP) is 3.95. The summed E-state index contributed by atoms with van der Waals surface area (Å²) in [7, 11) is 0. The molecule has 3 nitrogen and oxygen atoms in total. The number of rotatable bonds is 3. The van der Waals surface area contributed by atoms with Crippen molar-refractivity contribution in [1.29, 1.82) is 0 Å². The van der Waals surface area contributed by atoms with Crippen molar-refractivity contribution in [1.82, 2.24) is 0 Å². The number of hydrogen-bond donors (Lipinski definition) is 1. The molecule has 0 saturated heterocycles. The van der Waals surface area contributed by atoms with Gasteiger partial charge in [-0.15, -0.1) is 0 Å². The Morgan fingerprint density at radius 1 is 1.30 bits per heavy atom. The predicted molar refractivity (Wildman–Crippen MR) is 82.7 cm³/mol. The lowest BCUT2D eigenvalue weighted by molar-refractivity contribution is 0.178. The maximum absolute atomic E-state index is 10.4. The summed E-state index contributed by atoms with van der Waals surface area (Å²) in [6, 6.07) is 5.82. The van der Waals surface area contributed by atoms with Crippen LogP contribution >= 0.6 is 27.3 Å². The number of benzene rings is 1. The van der Waals surface area contributed by atoms with Crippen molar-refractivity contribution >= 4 is 27.3 Å². The van der Waals surface area contributed by atoms with E-state index in [2.05, 4.69) is 21.3 Å². The Balaban J connectivity index is 1.86. The molecule has 20 heavy (non-hydrogen) atoms. The van der Waals surface area contributed by atoms with Crippen LogP contribution in [-0.4, -0.2) is 18.3 Å². The van der Waals surface area contributed by atoms with E-state index in [-0.39, 0.29) is 0 Å². The molecule has 2 heterocycles. The van der Waals surface area contributed by atoms with E-state index in [9.17, 15) is 5.11 Å². The first-order chi connectivity index (χ1) is 9.74. The van der Waals surface area contributed by atoms with Gasteiger partial charge in [-0.2, -0.15) is 11.3 Å². The maximum atomic E-state index is 10.4. The highest BCUT2D eigenvalue weighted by Gasteiger charge is 2.18. The Bertz CT molecular complexity index is 583. The number of fused-ring (bicyclic) bond motifs is 1. The molecule has 3 rings (SSSR count). The third-order valence-corrected chi connectivity index (χ3v) is 4.54. The van der Waals surface area contributed by atoms with E-state index in [1.54, 1.807) is 11.3 Å². The fourth-order valence-corrected chi connectivity index (χ4v) is 3.45. The highest BCUT2D eigenvalue weighted by molar-refractivity contribution is 9.10. The molecule has 0 spiro atoms. The van der Waals surface area contributed by atoms with Gasteiger partial charge in [0, 0.05) is 12.8 Å². The van der Waals surface area contributed by atoms with E-state index in [4.69, 9.17) is 9.47 Å². The van der Waals surface area contributed by atoms with E-state index in [0.717, 1.165) is 27.8 Å². The van der Waals surface area contributed by atoms with Gasteiger partial charge in [-0.3, -0.25) is 0 Å². The molecular formula is C15H15BrO3S. The summed E-state index contributed by atoms with van der Waals surface area (Å²) in [5, 5.41) is 14.5. The lowest BCUT2D eigenvalue weighted by atomic mass is 10.0. The molecule has 0 fully saturated rings. The molecule has 1 aromatic carbocycles. The van der Waals surface area contributed by atoms with Gasteiger partial charge in [0.1, 0.15) is 0 Å². The molecule has 2 aromatic rings. The highest BCUT2D eigenvalue weighted by Crippen LogP contribution is 2.40. The van der Waals surface area contributed by atoms with E-state index in [0.29, 0.717) is 25.4 Å². The highest BCUT2D eigenvalue weighted by atomic mass is 79.9. The summed E-state index contributed by atoms with van der Waals surface area (Å²) in [5.41, 5.74) is 1.98. The summed E-state index contributed by atoms with van der Waals surface area (Å²) in [4.78, 5) is 0. The van der Waals surface area contributed by atoms with E-state index in [1.165, 1.54) is 0 Å². The molecule has 0 amide bonds. The number of aliphatic hydroxyl groups is 1. The molecule has 0 radical (unpaired) electrons. The van der Waals surface area contributed by atoms with Crippen molar-refractivity contribution in [3.8, 4) is 11.5 Å². The van der Waals surface area contributed by atoms with E-state index < -0.39 is 6.10 Å². The first-order valence-electron chi connectivity index (χ1n) is 6.52. The van der Waals surface area contributed by atoms with Crippen LogP contribution in [0.4, 0.5) is 0 Å². The Labute approximate surface area is 130 Å². The molecule has 0 saturated carbocycles. The van der Waals surface area contributed by atoms with Crippen LogP contribution in [0.25, 0.3) is 0 Å². The van der Waals surface area contributed by atoms with Crippen LogP contribution in [0.2, 0.25) is 0 Å². The molecule has 1 N–H and O–H groups in total. The average Bonchev–Trinajstić information content (AvgIpc) is 2.81. The molecule has 106 valence electrons. The zero-order valence-electron chi connectivity index (χ0n) is 10.8. The number of aliphatic hydroxyl groups excluding tert-OH is 1. The van der Waals surface area contributed by atoms with Crippen molar-refractivity contribution in [3.05, 3.63) is 44.6 Å². The fraction of sp³-hybridized carbons (Fsp3) is 0.333. The molecular weight excluding hydrogens is 340 g/mol. The zero-order valence-corrected chi connectivity index (χ0v) is 13.2. The van der Waals surface area contributed by atoms with Crippen LogP contribution in [0.15, 0.2) is 33.4 Å². The Kier molecular flexibility index (Phi) is 4.29. The topological polar surface area (TPSA) is 38.7 Å². The Morgan fingerprint density at radius 3 is 2.95 bits per heavy atom. The van der Waals surface area contributed by atoms with E-state index >= 15 is 0 Å². The van der Waals surface area contributed by atoms with Gasteiger partial charge in [-0.1, -0.05) is 0 Å². The van der Waals surface area contributed by atoms with Crippen molar-refractivity contribution in [3.63, 3.8) is 0 Å². The minimum absolute atomic E-state index is 0.543. The first kappa shape index (κ1) is 13.9. The van der Waals surface area contributed by atoms with E-state index in [1.807, 2.05) is 23.6 Å². The molecule has 5 heteroatoms. The van der Waals surface area contributed by atoms with Gasteiger partial charge in [0.15, 0.2) is 11.5 Å². The number of hydrogen-bond acceptors (Lipinski definition) is 4. The third-order valence-electron chi connectivity index (χ3n) is 3.22. The smallest absolute Gasteiger partial charge is 0.175 e. The van der Waals surface area contributed by atoms with Crippen molar-refractivity contribution in [2.24, 2.45) is 0 Å².